The summed E-state index contributed by atoms with van der Waals surface area (Å²) in [6, 6.07) is 21.7. The van der Waals surface area contributed by atoms with Gasteiger partial charge in [0.05, 0.1) is 18.6 Å². The molecule has 0 bridgehead atoms. The summed E-state index contributed by atoms with van der Waals surface area (Å²) in [5.74, 6) is 1.40. The quantitative estimate of drug-likeness (QED) is 0.490. The number of benzene rings is 2. The summed E-state index contributed by atoms with van der Waals surface area (Å²) in [7, 11) is 0. The zero-order chi connectivity index (χ0) is 24.0. The van der Waals surface area contributed by atoms with E-state index < -0.39 is 0 Å². The molecule has 3 aromatic rings. The summed E-state index contributed by atoms with van der Waals surface area (Å²) in [5.41, 5.74) is 2.92. The highest BCUT2D eigenvalue weighted by atomic mass is 32.2. The van der Waals surface area contributed by atoms with Gasteiger partial charge in [0.1, 0.15) is 11.1 Å². The fourth-order valence-electron chi connectivity index (χ4n) is 4.48. The Morgan fingerprint density at radius 1 is 0.971 bits per heavy atom. The zero-order valence-corrected chi connectivity index (χ0v) is 20.4. The molecule has 0 saturated carbocycles. The van der Waals surface area contributed by atoms with Crippen molar-refractivity contribution in [2.24, 2.45) is 0 Å². The fourth-order valence-corrected chi connectivity index (χ4v) is 5.67. The maximum absolute atomic E-state index is 13.1. The van der Waals surface area contributed by atoms with E-state index in [0.717, 1.165) is 44.0 Å². The molecule has 1 atom stereocenters. The number of carbonyl (C=O) groups excluding carboxylic acids is 2. The van der Waals surface area contributed by atoms with E-state index in [9.17, 15) is 9.59 Å². The number of amides is 2. The first-order valence-electron chi connectivity index (χ1n) is 11.9. The van der Waals surface area contributed by atoms with Gasteiger partial charge < -0.3 is 14.2 Å². The molecule has 2 amide bonds. The van der Waals surface area contributed by atoms with E-state index >= 15 is 0 Å². The lowest BCUT2D eigenvalue weighted by molar-refractivity contribution is -0.128. The molecule has 2 aliphatic rings. The largest absolute Gasteiger partial charge is 0.467 e. The van der Waals surface area contributed by atoms with Crippen molar-refractivity contribution in [1.29, 1.82) is 0 Å². The SMILES string of the molecule is O=C(c1ccc([C@H]2SCC(=O)N2Cc2ccco2)cc1)N1CCN(C/C=C/c2ccccc2)CC1. The van der Waals surface area contributed by atoms with Crippen molar-refractivity contribution in [3.8, 4) is 0 Å². The number of hydrogen-bond donors (Lipinski definition) is 0. The van der Waals surface area contributed by atoms with Crippen LogP contribution in [0.3, 0.4) is 0 Å². The average molecular weight is 488 g/mol. The van der Waals surface area contributed by atoms with Crippen LogP contribution in [0.15, 0.2) is 83.5 Å². The van der Waals surface area contributed by atoms with Crippen LogP contribution in [-0.2, 0) is 11.3 Å². The third-order valence-electron chi connectivity index (χ3n) is 6.45. The first kappa shape index (κ1) is 23.5. The maximum Gasteiger partial charge on any atom is 0.253 e. The molecule has 7 heteroatoms. The molecular weight excluding hydrogens is 458 g/mol. The van der Waals surface area contributed by atoms with Gasteiger partial charge in [-0.25, -0.2) is 0 Å². The Kier molecular flexibility index (Phi) is 7.35. The second-order valence-electron chi connectivity index (χ2n) is 8.79. The predicted octanol–water partition coefficient (Wildman–Crippen LogP) is 4.53. The van der Waals surface area contributed by atoms with Gasteiger partial charge in [-0.3, -0.25) is 14.5 Å². The number of thioether (sulfide) groups is 1. The van der Waals surface area contributed by atoms with E-state index in [1.165, 1.54) is 5.56 Å². The van der Waals surface area contributed by atoms with Gasteiger partial charge in [-0.1, -0.05) is 54.6 Å². The van der Waals surface area contributed by atoms with E-state index in [2.05, 4.69) is 29.2 Å². The van der Waals surface area contributed by atoms with Crippen LogP contribution in [0.2, 0.25) is 0 Å². The van der Waals surface area contributed by atoms with E-state index in [1.807, 2.05) is 64.4 Å². The lowest BCUT2D eigenvalue weighted by Gasteiger charge is -2.34. The molecule has 0 unspecified atom stereocenters. The molecule has 35 heavy (non-hydrogen) atoms. The molecular formula is C28H29N3O3S. The first-order valence-corrected chi connectivity index (χ1v) is 13.0. The van der Waals surface area contributed by atoms with Crippen LogP contribution >= 0.6 is 11.8 Å². The van der Waals surface area contributed by atoms with Crippen LogP contribution < -0.4 is 0 Å². The summed E-state index contributed by atoms with van der Waals surface area (Å²) in [6.45, 7) is 4.53. The second kappa shape index (κ2) is 11.0. The molecule has 2 aliphatic heterocycles. The van der Waals surface area contributed by atoms with Crippen LogP contribution in [0.5, 0.6) is 0 Å². The minimum atomic E-state index is -0.0655. The maximum atomic E-state index is 13.1. The van der Waals surface area contributed by atoms with Crippen molar-refractivity contribution in [3.05, 3.63) is 102 Å². The minimum Gasteiger partial charge on any atom is -0.467 e. The molecule has 6 nitrogen and oxygen atoms in total. The number of piperazine rings is 1. The molecule has 2 saturated heterocycles. The number of carbonyl (C=O) groups is 2. The van der Waals surface area contributed by atoms with Crippen molar-refractivity contribution in [3.63, 3.8) is 0 Å². The normalized spacial score (nSPS) is 19.1. The topological polar surface area (TPSA) is 57.0 Å². The lowest BCUT2D eigenvalue weighted by atomic mass is 10.1. The Morgan fingerprint density at radius 2 is 1.74 bits per heavy atom. The van der Waals surface area contributed by atoms with Crippen LogP contribution in [0.25, 0.3) is 6.08 Å². The van der Waals surface area contributed by atoms with Crippen LogP contribution in [0.4, 0.5) is 0 Å². The Balaban J connectivity index is 1.14. The zero-order valence-electron chi connectivity index (χ0n) is 19.6. The van der Waals surface area contributed by atoms with Crippen molar-refractivity contribution >= 4 is 29.7 Å². The monoisotopic (exact) mass is 487 g/mol. The Labute approximate surface area is 210 Å². The fraction of sp³-hybridized carbons (Fsp3) is 0.286. The third kappa shape index (κ3) is 5.69. The van der Waals surface area contributed by atoms with Gasteiger partial charge in [-0.05, 0) is 35.4 Å². The van der Waals surface area contributed by atoms with Gasteiger partial charge in [0.25, 0.3) is 5.91 Å². The number of rotatable bonds is 7. The molecule has 2 aromatic carbocycles. The molecule has 1 aromatic heterocycles. The van der Waals surface area contributed by atoms with Gasteiger partial charge in [-0.2, -0.15) is 0 Å². The summed E-state index contributed by atoms with van der Waals surface area (Å²) < 4.78 is 5.43. The van der Waals surface area contributed by atoms with Crippen molar-refractivity contribution < 1.29 is 14.0 Å². The molecule has 0 radical (unpaired) electrons. The molecule has 0 aliphatic carbocycles. The van der Waals surface area contributed by atoms with Gasteiger partial charge >= 0.3 is 0 Å². The Hall–Kier alpha value is -3.29. The predicted molar refractivity (Wildman–Crippen MR) is 139 cm³/mol. The molecule has 3 heterocycles. The number of hydrogen-bond acceptors (Lipinski definition) is 5. The first-order chi connectivity index (χ1) is 17.2. The smallest absolute Gasteiger partial charge is 0.253 e. The van der Waals surface area contributed by atoms with Crippen molar-refractivity contribution in [2.75, 3.05) is 38.5 Å². The molecule has 0 N–H and O–H groups in total. The summed E-state index contributed by atoms with van der Waals surface area (Å²) in [5, 5.41) is -0.0655. The summed E-state index contributed by atoms with van der Waals surface area (Å²) in [6.07, 6.45) is 5.96. The number of nitrogens with zero attached hydrogens (tertiary/aromatic N) is 3. The highest BCUT2D eigenvalue weighted by molar-refractivity contribution is 8.00. The summed E-state index contributed by atoms with van der Waals surface area (Å²) >= 11 is 1.61. The van der Waals surface area contributed by atoms with Crippen molar-refractivity contribution in [2.45, 2.75) is 11.9 Å². The van der Waals surface area contributed by atoms with Gasteiger partial charge in [0.15, 0.2) is 0 Å². The van der Waals surface area contributed by atoms with Crippen LogP contribution in [-0.4, -0.2) is 65.0 Å². The van der Waals surface area contributed by atoms with Crippen LogP contribution in [0, 0.1) is 0 Å². The molecule has 5 rings (SSSR count). The third-order valence-corrected chi connectivity index (χ3v) is 7.71. The van der Waals surface area contributed by atoms with Crippen molar-refractivity contribution in [1.82, 2.24) is 14.7 Å². The highest BCUT2D eigenvalue weighted by Crippen LogP contribution is 2.39. The molecule has 2 fully saturated rings. The Bertz CT molecular complexity index is 1150. The molecule has 0 spiro atoms. The standard InChI is InChI=1S/C28H29N3O3S/c32-26-21-35-28(31(26)20-25-9-5-19-34-25)24-12-10-23(11-13-24)27(33)30-17-15-29(16-18-30)14-4-8-22-6-2-1-3-7-22/h1-13,19,28H,14-18,20-21H2/b8-4+/t28-/m1/s1. The van der Waals surface area contributed by atoms with Crippen LogP contribution in [0.1, 0.15) is 32.6 Å². The van der Waals surface area contributed by atoms with E-state index in [0.29, 0.717) is 17.9 Å². The van der Waals surface area contributed by atoms with E-state index in [4.69, 9.17) is 4.42 Å². The second-order valence-corrected chi connectivity index (χ2v) is 9.86. The van der Waals surface area contributed by atoms with E-state index in [1.54, 1.807) is 18.0 Å². The average Bonchev–Trinajstić information content (AvgIpc) is 3.55. The summed E-state index contributed by atoms with van der Waals surface area (Å²) in [4.78, 5) is 31.6. The number of furan rings is 1. The minimum absolute atomic E-state index is 0.0655. The van der Waals surface area contributed by atoms with Gasteiger partial charge in [0, 0.05) is 38.3 Å². The van der Waals surface area contributed by atoms with Gasteiger partial charge in [0.2, 0.25) is 5.91 Å². The highest BCUT2D eigenvalue weighted by Gasteiger charge is 2.33. The lowest BCUT2D eigenvalue weighted by Crippen LogP contribution is -2.48. The van der Waals surface area contributed by atoms with E-state index in [-0.39, 0.29) is 17.2 Å². The molecule has 180 valence electrons. The van der Waals surface area contributed by atoms with Gasteiger partial charge in [-0.15, -0.1) is 11.8 Å². The Morgan fingerprint density at radius 3 is 2.46 bits per heavy atom.